The van der Waals surface area contributed by atoms with Crippen molar-refractivity contribution in [3.05, 3.63) is 18.2 Å². The molecule has 18 heavy (non-hydrogen) atoms. The van der Waals surface area contributed by atoms with Gasteiger partial charge in [-0.25, -0.2) is 4.79 Å². The van der Waals surface area contributed by atoms with Crippen LogP contribution in [0, 0.1) is 0 Å². The van der Waals surface area contributed by atoms with Crippen LogP contribution in [0.1, 0.15) is 6.42 Å². The predicted octanol–water partition coefficient (Wildman–Crippen LogP) is 1.39. The number of carbonyl (C=O) groups excluding carboxylic acids is 1. The van der Waals surface area contributed by atoms with Crippen LogP contribution < -0.4 is 14.8 Å². The predicted molar refractivity (Wildman–Crippen MR) is 64.1 cm³/mol. The first-order valence-corrected chi connectivity index (χ1v) is 5.74. The Bertz CT molecular complexity index is 421. The Morgan fingerprint density at radius 1 is 1.33 bits per heavy atom. The SMILES string of the molecule is O=C(Nc1ccc2c(c1)OCCCO2)OCCO. The van der Waals surface area contributed by atoms with Gasteiger partial charge >= 0.3 is 6.09 Å². The fraction of sp³-hybridized carbons (Fsp3) is 0.417. The van der Waals surface area contributed by atoms with E-state index in [4.69, 9.17) is 19.3 Å². The summed E-state index contributed by atoms with van der Waals surface area (Å²) in [5, 5.41) is 11.1. The molecule has 1 aromatic rings. The smallest absolute Gasteiger partial charge is 0.411 e. The lowest BCUT2D eigenvalue weighted by Crippen LogP contribution is -2.15. The van der Waals surface area contributed by atoms with E-state index >= 15 is 0 Å². The highest BCUT2D eigenvalue weighted by Gasteiger charge is 2.11. The second-order valence-electron chi connectivity index (χ2n) is 3.70. The van der Waals surface area contributed by atoms with Gasteiger partial charge in [-0.1, -0.05) is 0 Å². The fourth-order valence-corrected chi connectivity index (χ4v) is 1.53. The summed E-state index contributed by atoms with van der Waals surface area (Å²) in [6.45, 7) is 0.981. The molecule has 0 aromatic heterocycles. The van der Waals surface area contributed by atoms with E-state index in [1.807, 2.05) is 0 Å². The molecule has 0 spiro atoms. The maximum Gasteiger partial charge on any atom is 0.411 e. The third kappa shape index (κ3) is 3.27. The molecule has 0 fully saturated rings. The van der Waals surface area contributed by atoms with Crippen LogP contribution in [0.5, 0.6) is 11.5 Å². The van der Waals surface area contributed by atoms with Crippen molar-refractivity contribution >= 4 is 11.8 Å². The van der Waals surface area contributed by atoms with E-state index in [-0.39, 0.29) is 13.2 Å². The summed E-state index contributed by atoms with van der Waals surface area (Å²) in [4.78, 5) is 11.3. The monoisotopic (exact) mass is 253 g/mol. The number of hydrogen-bond acceptors (Lipinski definition) is 5. The lowest BCUT2D eigenvalue weighted by molar-refractivity contribution is 0.131. The lowest BCUT2D eigenvalue weighted by Gasteiger charge is -2.10. The number of aliphatic hydroxyl groups excluding tert-OH is 1. The minimum atomic E-state index is -0.612. The molecule has 6 nitrogen and oxygen atoms in total. The first-order valence-electron chi connectivity index (χ1n) is 5.74. The van der Waals surface area contributed by atoms with E-state index in [1.54, 1.807) is 18.2 Å². The number of carbonyl (C=O) groups is 1. The van der Waals surface area contributed by atoms with Crippen LogP contribution in [0.15, 0.2) is 18.2 Å². The van der Waals surface area contributed by atoms with Crippen molar-refractivity contribution in [3.63, 3.8) is 0 Å². The Morgan fingerprint density at radius 2 is 2.11 bits per heavy atom. The van der Waals surface area contributed by atoms with Gasteiger partial charge in [-0.05, 0) is 12.1 Å². The molecule has 0 radical (unpaired) electrons. The second-order valence-corrected chi connectivity index (χ2v) is 3.70. The van der Waals surface area contributed by atoms with Gasteiger partial charge in [0.25, 0.3) is 0 Å². The van der Waals surface area contributed by atoms with Gasteiger partial charge in [0, 0.05) is 18.2 Å². The minimum Gasteiger partial charge on any atom is -0.490 e. The van der Waals surface area contributed by atoms with Gasteiger partial charge < -0.3 is 19.3 Å². The van der Waals surface area contributed by atoms with Crippen molar-refractivity contribution in [3.8, 4) is 11.5 Å². The van der Waals surface area contributed by atoms with Crippen LogP contribution >= 0.6 is 0 Å². The number of rotatable bonds is 3. The molecule has 98 valence electrons. The highest BCUT2D eigenvalue weighted by atomic mass is 16.6. The molecule has 0 aliphatic carbocycles. The fourth-order valence-electron chi connectivity index (χ4n) is 1.53. The quantitative estimate of drug-likeness (QED) is 0.851. The molecular weight excluding hydrogens is 238 g/mol. The van der Waals surface area contributed by atoms with E-state index in [0.29, 0.717) is 30.4 Å². The van der Waals surface area contributed by atoms with Gasteiger partial charge in [-0.15, -0.1) is 0 Å². The number of ether oxygens (including phenoxy) is 3. The average Bonchev–Trinajstić information content (AvgIpc) is 2.61. The molecular formula is C12H15NO5. The Kier molecular flexibility index (Phi) is 4.25. The van der Waals surface area contributed by atoms with Gasteiger partial charge in [-0.3, -0.25) is 5.32 Å². The molecule has 1 aromatic carbocycles. The molecule has 0 bridgehead atoms. The summed E-state index contributed by atoms with van der Waals surface area (Å²) in [6, 6.07) is 5.12. The Balaban J connectivity index is 2.01. The highest BCUT2D eigenvalue weighted by Crippen LogP contribution is 2.32. The zero-order valence-electron chi connectivity index (χ0n) is 9.85. The zero-order valence-corrected chi connectivity index (χ0v) is 9.85. The number of nitrogens with one attached hydrogen (secondary N) is 1. The van der Waals surface area contributed by atoms with Crippen molar-refractivity contribution in [1.82, 2.24) is 0 Å². The zero-order chi connectivity index (χ0) is 12.8. The molecule has 2 N–H and O–H groups in total. The molecule has 2 rings (SSSR count). The molecule has 0 saturated heterocycles. The van der Waals surface area contributed by atoms with Crippen LogP contribution in [0.3, 0.4) is 0 Å². The van der Waals surface area contributed by atoms with Gasteiger partial charge in [0.15, 0.2) is 11.5 Å². The third-order valence-electron chi connectivity index (χ3n) is 2.32. The van der Waals surface area contributed by atoms with Crippen molar-refractivity contribution in [2.45, 2.75) is 6.42 Å². The minimum absolute atomic E-state index is 0.0314. The van der Waals surface area contributed by atoms with Crippen LogP contribution in [-0.4, -0.2) is 37.6 Å². The van der Waals surface area contributed by atoms with E-state index < -0.39 is 6.09 Å². The first-order chi connectivity index (χ1) is 8.79. The molecule has 6 heteroatoms. The molecule has 0 unspecified atom stereocenters. The molecule has 0 atom stereocenters. The lowest BCUT2D eigenvalue weighted by atomic mass is 10.3. The summed E-state index contributed by atoms with van der Waals surface area (Å²) in [6.07, 6.45) is 0.217. The van der Waals surface area contributed by atoms with Crippen LogP contribution in [0.25, 0.3) is 0 Å². The Morgan fingerprint density at radius 3 is 2.89 bits per heavy atom. The summed E-state index contributed by atoms with van der Waals surface area (Å²) < 4.78 is 15.7. The first kappa shape index (κ1) is 12.5. The third-order valence-corrected chi connectivity index (χ3v) is 2.32. The van der Waals surface area contributed by atoms with Crippen molar-refractivity contribution < 1.29 is 24.1 Å². The van der Waals surface area contributed by atoms with Gasteiger partial charge in [0.05, 0.1) is 19.8 Å². The second kappa shape index (κ2) is 6.11. The Labute approximate surface area is 104 Å². The average molecular weight is 253 g/mol. The topological polar surface area (TPSA) is 77.0 Å². The van der Waals surface area contributed by atoms with Crippen molar-refractivity contribution in [2.75, 3.05) is 31.7 Å². The largest absolute Gasteiger partial charge is 0.490 e. The van der Waals surface area contributed by atoms with Gasteiger partial charge in [0.1, 0.15) is 6.61 Å². The molecule has 1 heterocycles. The van der Waals surface area contributed by atoms with Crippen LogP contribution in [-0.2, 0) is 4.74 Å². The van der Waals surface area contributed by atoms with E-state index in [2.05, 4.69) is 5.32 Å². The summed E-state index contributed by atoms with van der Waals surface area (Å²) in [7, 11) is 0. The number of fused-ring (bicyclic) bond motifs is 1. The standard InChI is InChI=1S/C12H15NO5/c14-4-7-18-12(15)13-9-2-3-10-11(8-9)17-6-1-5-16-10/h2-3,8,14H,1,4-7H2,(H,13,15). The van der Waals surface area contributed by atoms with E-state index in [1.165, 1.54) is 0 Å². The van der Waals surface area contributed by atoms with E-state index in [9.17, 15) is 4.79 Å². The maximum absolute atomic E-state index is 11.3. The summed E-state index contributed by atoms with van der Waals surface area (Å²) >= 11 is 0. The molecule has 1 aliphatic heterocycles. The number of aliphatic hydroxyl groups is 1. The molecule has 0 saturated carbocycles. The Hall–Kier alpha value is -1.95. The normalized spacial score (nSPS) is 13.6. The number of amides is 1. The van der Waals surface area contributed by atoms with Gasteiger partial charge in [0.2, 0.25) is 0 Å². The van der Waals surface area contributed by atoms with Crippen LogP contribution in [0.2, 0.25) is 0 Å². The molecule has 1 aliphatic rings. The summed E-state index contributed by atoms with van der Waals surface area (Å²) in [5.74, 6) is 1.27. The van der Waals surface area contributed by atoms with Crippen molar-refractivity contribution in [1.29, 1.82) is 0 Å². The molecule has 1 amide bonds. The van der Waals surface area contributed by atoms with E-state index in [0.717, 1.165) is 6.42 Å². The van der Waals surface area contributed by atoms with Crippen LogP contribution in [0.4, 0.5) is 10.5 Å². The number of anilines is 1. The van der Waals surface area contributed by atoms with Gasteiger partial charge in [-0.2, -0.15) is 0 Å². The number of benzene rings is 1. The van der Waals surface area contributed by atoms with Crippen molar-refractivity contribution in [2.24, 2.45) is 0 Å². The maximum atomic E-state index is 11.3. The highest BCUT2D eigenvalue weighted by molar-refractivity contribution is 5.85. The number of hydrogen-bond donors (Lipinski definition) is 2. The summed E-state index contributed by atoms with van der Waals surface area (Å²) in [5.41, 5.74) is 0.558.